The van der Waals surface area contributed by atoms with Crippen LogP contribution in [0.15, 0.2) is 42.5 Å². The van der Waals surface area contributed by atoms with Crippen LogP contribution in [-0.4, -0.2) is 50.1 Å². The molecule has 2 aromatic rings. The number of hydrogen-bond donors (Lipinski definition) is 1. The van der Waals surface area contributed by atoms with Gasteiger partial charge in [-0.1, -0.05) is 12.1 Å². The van der Waals surface area contributed by atoms with Crippen molar-refractivity contribution in [3.05, 3.63) is 59.2 Å². The van der Waals surface area contributed by atoms with Gasteiger partial charge in [0.1, 0.15) is 5.75 Å². The summed E-state index contributed by atoms with van der Waals surface area (Å²) >= 11 is 0. The fourth-order valence-electron chi connectivity index (χ4n) is 2.86. The smallest absolute Gasteiger partial charge is 0.255 e. The van der Waals surface area contributed by atoms with Crippen molar-refractivity contribution in [3.63, 3.8) is 0 Å². The van der Waals surface area contributed by atoms with Crippen molar-refractivity contribution in [2.24, 2.45) is 0 Å². The second-order valence-corrected chi connectivity index (χ2v) is 6.14. The summed E-state index contributed by atoms with van der Waals surface area (Å²) in [6, 6.07) is 12.3. The molecule has 26 heavy (non-hydrogen) atoms. The number of carbonyl (C=O) groups is 2. The maximum absolute atomic E-state index is 12.6. The lowest BCUT2D eigenvalue weighted by molar-refractivity contribution is 0.0303. The van der Waals surface area contributed by atoms with Crippen LogP contribution in [0.1, 0.15) is 26.3 Å². The Morgan fingerprint density at radius 2 is 1.81 bits per heavy atom. The van der Waals surface area contributed by atoms with Gasteiger partial charge >= 0.3 is 0 Å². The molecule has 1 saturated heterocycles. The second kappa shape index (κ2) is 8.01. The number of nitrogens with zero attached hydrogens (tertiary/aromatic N) is 1. The van der Waals surface area contributed by atoms with E-state index in [1.54, 1.807) is 36.3 Å². The fraction of sp³-hybridized carbons (Fsp3) is 0.300. The van der Waals surface area contributed by atoms with E-state index in [-0.39, 0.29) is 11.8 Å². The van der Waals surface area contributed by atoms with E-state index in [9.17, 15) is 9.59 Å². The Balaban J connectivity index is 1.78. The molecule has 136 valence electrons. The zero-order chi connectivity index (χ0) is 18.5. The van der Waals surface area contributed by atoms with Crippen LogP contribution in [0.3, 0.4) is 0 Å². The molecule has 2 aromatic carbocycles. The van der Waals surface area contributed by atoms with Crippen molar-refractivity contribution < 1.29 is 19.1 Å². The normalized spacial score (nSPS) is 14.0. The van der Waals surface area contributed by atoms with Crippen molar-refractivity contribution in [2.75, 3.05) is 38.7 Å². The molecule has 0 spiro atoms. The number of nitrogens with one attached hydrogen (secondary N) is 1. The Morgan fingerprint density at radius 1 is 1.08 bits per heavy atom. The van der Waals surface area contributed by atoms with E-state index >= 15 is 0 Å². The first-order valence-electron chi connectivity index (χ1n) is 8.51. The molecule has 0 bridgehead atoms. The van der Waals surface area contributed by atoms with Gasteiger partial charge in [0, 0.05) is 24.2 Å². The predicted octanol–water partition coefficient (Wildman–Crippen LogP) is 2.73. The average molecular weight is 354 g/mol. The highest BCUT2D eigenvalue weighted by Crippen LogP contribution is 2.25. The summed E-state index contributed by atoms with van der Waals surface area (Å²) in [6.07, 6.45) is 0. The van der Waals surface area contributed by atoms with Gasteiger partial charge in [0.15, 0.2) is 0 Å². The first-order valence-corrected chi connectivity index (χ1v) is 8.51. The number of aryl methyl sites for hydroxylation is 1. The van der Waals surface area contributed by atoms with Crippen LogP contribution < -0.4 is 10.1 Å². The van der Waals surface area contributed by atoms with Gasteiger partial charge in [-0.15, -0.1) is 0 Å². The van der Waals surface area contributed by atoms with E-state index in [0.717, 1.165) is 5.56 Å². The predicted molar refractivity (Wildman–Crippen MR) is 98.8 cm³/mol. The summed E-state index contributed by atoms with van der Waals surface area (Å²) in [5.41, 5.74) is 2.53. The number of ether oxygens (including phenoxy) is 2. The lowest BCUT2D eigenvalue weighted by Crippen LogP contribution is -2.40. The van der Waals surface area contributed by atoms with Gasteiger partial charge in [-0.25, -0.2) is 0 Å². The molecule has 6 heteroatoms. The van der Waals surface area contributed by atoms with E-state index < -0.39 is 0 Å². The molecule has 1 fully saturated rings. The van der Waals surface area contributed by atoms with Gasteiger partial charge in [0.05, 0.1) is 26.0 Å². The van der Waals surface area contributed by atoms with Gasteiger partial charge in [0.25, 0.3) is 11.8 Å². The Labute approximate surface area is 152 Å². The quantitative estimate of drug-likeness (QED) is 0.917. The highest BCUT2D eigenvalue weighted by atomic mass is 16.5. The molecule has 1 N–H and O–H groups in total. The first kappa shape index (κ1) is 17.9. The van der Waals surface area contributed by atoms with Gasteiger partial charge in [-0.3, -0.25) is 9.59 Å². The van der Waals surface area contributed by atoms with Crippen molar-refractivity contribution >= 4 is 17.5 Å². The summed E-state index contributed by atoms with van der Waals surface area (Å²) in [4.78, 5) is 27.0. The van der Waals surface area contributed by atoms with Crippen LogP contribution in [0.25, 0.3) is 0 Å². The lowest BCUT2D eigenvalue weighted by atomic mass is 10.1. The van der Waals surface area contributed by atoms with Crippen LogP contribution in [0, 0.1) is 6.92 Å². The number of amides is 2. The van der Waals surface area contributed by atoms with Crippen LogP contribution in [0.4, 0.5) is 5.69 Å². The molecular formula is C20H22N2O4. The van der Waals surface area contributed by atoms with Crippen LogP contribution in [0.2, 0.25) is 0 Å². The van der Waals surface area contributed by atoms with Crippen molar-refractivity contribution in [1.29, 1.82) is 0 Å². The molecule has 0 aromatic heterocycles. The molecule has 3 rings (SSSR count). The van der Waals surface area contributed by atoms with E-state index in [1.807, 2.05) is 25.1 Å². The van der Waals surface area contributed by atoms with E-state index in [1.165, 1.54) is 0 Å². The Morgan fingerprint density at radius 3 is 2.54 bits per heavy atom. The minimum absolute atomic E-state index is 0.0870. The van der Waals surface area contributed by atoms with E-state index in [0.29, 0.717) is 48.9 Å². The molecular weight excluding hydrogens is 332 g/mol. The number of morpholine rings is 1. The zero-order valence-electron chi connectivity index (χ0n) is 15.0. The van der Waals surface area contributed by atoms with Crippen LogP contribution in [-0.2, 0) is 4.74 Å². The minimum Gasteiger partial charge on any atom is -0.495 e. The monoisotopic (exact) mass is 354 g/mol. The number of hydrogen-bond acceptors (Lipinski definition) is 4. The van der Waals surface area contributed by atoms with Crippen molar-refractivity contribution in [1.82, 2.24) is 4.90 Å². The zero-order valence-corrected chi connectivity index (χ0v) is 15.0. The van der Waals surface area contributed by atoms with E-state index in [2.05, 4.69) is 5.32 Å². The summed E-state index contributed by atoms with van der Waals surface area (Å²) in [6.45, 7) is 4.15. The van der Waals surface area contributed by atoms with Gasteiger partial charge in [-0.2, -0.15) is 0 Å². The Kier molecular flexibility index (Phi) is 5.53. The summed E-state index contributed by atoms with van der Waals surface area (Å²) < 4.78 is 10.6. The Bertz CT molecular complexity index is 813. The molecule has 1 aliphatic heterocycles. The molecule has 0 aliphatic carbocycles. The summed E-state index contributed by atoms with van der Waals surface area (Å²) in [5.74, 6) is 0.214. The number of methoxy groups -OCH3 is 1. The van der Waals surface area contributed by atoms with Gasteiger partial charge in [-0.05, 0) is 42.8 Å². The topological polar surface area (TPSA) is 67.9 Å². The summed E-state index contributed by atoms with van der Waals surface area (Å²) in [5, 5.41) is 2.86. The highest BCUT2D eigenvalue weighted by molar-refractivity contribution is 6.06. The summed E-state index contributed by atoms with van der Waals surface area (Å²) in [7, 11) is 1.56. The third kappa shape index (κ3) is 4.03. The molecule has 2 amide bonds. The maximum atomic E-state index is 12.6. The standard InChI is InChI=1S/C20H22N2O4/c1-14-6-7-18(25-2)17(12-14)21-19(23)15-4-3-5-16(13-15)20(24)22-8-10-26-11-9-22/h3-7,12-13H,8-11H2,1-2H3,(H,21,23). The minimum atomic E-state index is -0.287. The molecule has 0 unspecified atom stereocenters. The number of benzene rings is 2. The first-order chi connectivity index (χ1) is 12.6. The number of carbonyl (C=O) groups excluding carboxylic acids is 2. The molecule has 0 radical (unpaired) electrons. The third-order valence-electron chi connectivity index (χ3n) is 4.27. The maximum Gasteiger partial charge on any atom is 0.255 e. The van der Waals surface area contributed by atoms with Gasteiger partial charge in [0.2, 0.25) is 0 Å². The lowest BCUT2D eigenvalue weighted by Gasteiger charge is -2.27. The van der Waals surface area contributed by atoms with Crippen molar-refractivity contribution in [3.8, 4) is 5.75 Å². The third-order valence-corrected chi connectivity index (χ3v) is 4.27. The largest absolute Gasteiger partial charge is 0.495 e. The number of rotatable bonds is 4. The van der Waals surface area contributed by atoms with E-state index in [4.69, 9.17) is 9.47 Å². The van der Waals surface area contributed by atoms with Crippen LogP contribution >= 0.6 is 0 Å². The molecule has 0 saturated carbocycles. The second-order valence-electron chi connectivity index (χ2n) is 6.14. The Hall–Kier alpha value is -2.86. The van der Waals surface area contributed by atoms with Crippen molar-refractivity contribution in [2.45, 2.75) is 6.92 Å². The highest BCUT2D eigenvalue weighted by Gasteiger charge is 2.19. The molecule has 1 heterocycles. The van der Waals surface area contributed by atoms with Crippen LogP contribution in [0.5, 0.6) is 5.75 Å². The molecule has 0 atom stereocenters. The van der Waals surface area contributed by atoms with Gasteiger partial charge < -0.3 is 19.7 Å². The fourth-order valence-corrected chi connectivity index (χ4v) is 2.86. The number of anilines is 1. The SMILES string of the molecule is COc1ccc(C)cc1NC(=O)c1cccc(C(=O)N2CCOCC2)c1. The molecule has 1 aliphatic rings. The molecule has 6 nitrogen and oxygen atoms in total. The average Bonchev–Trinajstić information content (AvgIpc) is 2.68.